The largest absolute Gasteiger partial charge is 0.409 e. The van der Waals surface area contributed by atoms with E-state index >= 15 is 0 Å². The summed E-state index contributed by atoms with van der Waals surface area (Å²) < 4.78 is 27.9. The predicted octanol–water partition coefficient (Wildman–Crippen LogP) is -0.170. The van der Waals surface area contributed by atoms with Gasteiger partial charge < -0.3 is 10.9 Å². The summed E-state index contributed by atoms with van der Waals surface area (Å²) in [5, 5.41) is 11.3. The van der Waals surface area contributed by atoms with Gasteiger partial charge >= 0.3 is 0 Å². The number of rotatable bonds is 4. The molecule has 0 aromatic heterocycles. The Balaban J connectivity index is 2.74. The van der Waals surface area contributed by atoms with E-state index in [-0.39, 0.29) is 11.9 Å². The molecule has 1 aliphatic rings. The van der Waals surface area contributed by atoms with Gasteiger partial charge in [0.15, 0.2) is 5.84 Å². The molecule has 1 saturated heterocycles. The van der Waals surface area contributed by atoms with Crippen LogP contribution in [0.3, 0.4) is 0 Å². The van der Waals surface area contributed by atoms with Gasteiger partial charge in [0.05, 0.1) is 6.04 Å². The molecule has 8 heteroatoms. The van der Waals surface area contributed by atoms with Crippen LogP contribution in [0.15, 0.2) is 5.16 Å². The van der Waals surface area contributed by atoms with Gasteiger partial charge in [-0.05, 0) is 26.7 Å². The Kier molecular flexibility index (Phi) is 4.72. The van der Waals surface area contributed by atoms with Gasteiger partial charge in [0.1, 0.15) is 0 Å². The summed E-state index contributed by atoms with van der Waals surface area (Å²) in [6, 6.07) is -0.736. The third-order valence-corrected chi connectivity index (χ3v) is 4.75. The van der Waals surface area contributed by atoms with Crippen molar-refractivity contribution in [2.24, 2.45) is 10.9 Å². The molecule has 1 heterocycles. The van der Waals surface area contributed by atoms with Gasteiger partial charge in [0.2, 0.25) is 0 Å². The number of hydrogen-bond donors (Lipinski definition) is 3. The molecule has 4 N–H and O–H groups in total. The number of nitrogens with two attached hydrogens (primary N) is 1. The second-order valence-corrected chi connectivity index (χ2v) is 5.98. The zero-order valence-corrected chi connectivity index (χ0v) is 10.9. The van der Waals surface area contributed by atoms with E-state index in [4.69, 9.17) is 10.9 Å². The summed E-state index contributed by atoms with van der Waals surface area (Å²) in [7, 11) is -3.58. The van der Waals surface area contributed by atoms with Gasteiger partial charge in [0.25, 0.3) is 10.2 Å². The summed E-state index contributed by atoms with van der Waals surface area (Å²) in [6.07, 6.45) is 2.77. The molecule has 1 aliphatic heterocycles. The highest BCUT2D eigenvalue weighted by atomic mass is 32.2. The van der Waals surface area contributed by atoms with Crippen molar-refractivity contribution >= 4 is 16.0 Å². The van der Waals surface area contributed by atoms with Crippen LogP contribution in [0.2, 0.25) is 0 Å². The molecule has 7 nitrogen and oxygen atoms in total. The highest BCUT2D eigenvalue weighted by molar-refractivity contribution is 7.87. The zero-order valence-electron chi connectivity index (χ0n) is 10.1. The van der Waals surface area contributed by atoms with Crippen LogP contribution >= 0.6 is 0 Å². The topological polar surface area (TPSA) is 108 Å². The van der Waals surface area contributed by atoms with E-state index in [2.05, 4.69) is 9.88 Å². The normalized spacial score (nSPS) is 25.8. The van der Waals surface area contributed by atoms with Crippen molar-refractivity contribution in [2.75, 3.05) is 6.54 Å². The molecule has 0 amide bonds. The van der Waals surface area contributed by atoms with Crippen molar-refractivity contribution in [2.45, 2.75) is 45.2 Å². The van der Waals surface area contributed by atoms with Crippen LogP contribution in [0.4, 0.5) is 0 Å². The Hall–Kier alpha value is -0.860. The first-order chi connectivity index (χ1) is 7.88. The summed E-state index contributed by atoms with van der Waals surface area (Å²) in [6.45, 7) is 3.92. The summed E-state index contributed by atoms with van der Waals surface area (Å²) >= 11 is 0. The van der Waals surface area contributed by atoms with Crippen LogP contribution in [0, 0.1) is 0 Å². The fourth-order valence-electron chi connectivity index (χ4n) is 1.87. The molecule has 0 radical (unpaired) electrons. The van der Waals surface area contributed by atoms with E-state index < -0.39 is 16.3 Å². The van der Waals surface area contributed by atoms with E-state index in [9.17, 15) is 8.42 Å². The molecule has 0 bridgehead atoms. The molecule has 0 saturated carbocycles. The van der Waals surface area contributed by atoms with Crippen LogP contribution in [0.1, 0.15) is 33.1 Å². The third-order valence-electron chi connectivity index (χ3n) is 2.94. The highest BCUT2D eigenvalue weighted by Gasteiger charge is 2.30. The van der Waals surface area contributed by atoms with Gasteiger partial charge in [0, 0.05) is 12.6 Å². The Morgan fingerprint density at radius 2 is 2.24 bits per heavy atom. The van der Waals surface area contributed by atoms with Crippen molar-refractivity contribution in [1.82, 2.24) is 9.03 Å². The number of amidine groups is 1. The second kappa shape index (κ2) is 5.65. The number of oxime groups is 1. The smallest absolute Gasteiger partial charge is 0.280 e. The minimum absolute atomic E-state index is 0.0132. The van der Waals surface area contributed by atoms with E-state index in [1.54, 1.807) is 0 Å². The maximum absolute atomic E-state index is 12.0. The molecular weight excluding hydrogens is 244 g/mol. The number of nitrogens with zero attached hydrogens (tertiary/aromatic N) is 2. The molecule has 0 aromatic rings. The lowest BCUT2D eigenvalue weighted by Gasteiger charge is -2.33. The van der Waals surface area contributed by atoms with E-state index in [1.165, 1.54) is 11.2 Å². The lowest BCUT2D eigenvalue weighted by Crippen LogP contribution is -2.52. The van der Waals surface area contributed by atoms with Gasteiger partial charge in [-0.25, -0.2) is 0 Å². The zero-order chi connectivity index (χ0) is 13.1. The van der Waals surface area contributed by atoms with Crippen molar-refractivity contribution < 1.29 is 13.6 Å². The van der Waals surface area contributed by atoms with Crippen molar-refractivity contribution in [1.29, 1.82) is 0 Å². The molecule has 100 valence electrons. The molecule has 0 aromatic carbocycles. The first-order valence-electron chi connectivity index (χ1n) is 5.65. The molecule has 0 aliphatic carbocycles. The molecule has 1 rings (SSSR count). The molecule has 2 atom stereocenters. The van der Waals surface area contributed by atoms with Gasteiger partial charge in [-0.3, -0.25) is 0 Å². The molecule has 17 heavy (non-hydrogen) atoms. The summed E-state index contributed by atoms with van der Waals surface area (Å²) in [5.74, 6) is -0.154. The maximum Gasteiger partial charge on any atom is 0.280 e. The number of hydrogen-bond acceptors (Lipinski definition) is 4. The van der Waals surface area contributed by atoms with Crippen molar-refractivity contribution in [3.05, 3.63) is 0 Å². The standard InChI is InChI=1S/C9H20N4O3S/c1-7-5-3-4-6-13(7)17(15,16)12-8(2)9(10)11-14/h7-8,12,14H,3-6H2,1-2H3,(H2,10,11). The number of nitrogens with one attached hydrogen (secondary N) is 1. The van der Waals surface area contributed by atoms with Crippen LogP contribution < -0.4 is 10.5 Å². The Morgan fingerprint density at radius 3 is 2.76 bits per heavy atom. The van der Waals surface area contributed by atoms with E-state index in [1.807, 2.05) is 6.92 Å². The Morgan fingerprint density at radius 1 is 1.59 bits per heavy atom. The Bertz CT molecular complexity index is 382. The van der Waals surface area contributed by atoms with Crippen molar-refractivity contribution in [3.8, 4) is 0 Å². The first-order valence-corrected chi connectivity index (χ1v) is 7.09. The highest BCUT2D eigenvalue weighted by Crippen LogP contribution is 2.19. The maximum atomic E-state index is 12.0. The molecule has 0 spiro atoms. The van der Waals surface area contributed by atoms with Crippen LogP contribution in [-0.2, 0) is 10.2 Å². The average molecular weight is 264 g/mol. The second-order valence-electron chi connectivity index (χ2n) is 4.32. The minimum Gasteiger partial charge on any atom is -0.409 e. The minimum atomic E-state index is -3.58. The van der Waals surface area contributed by atoms with E-state index in [0.29, 0.717) is 6.54 Å². The lowest BCUT2D eigenvalue weighted by molar-refractivity contribution is 0.265. The molecular formula is C9H20N4O3S. The Labute approximate surface area is 102 Å². The first kappa shape index (κ1) is 14.2. The third kappa shape index (κ3) is 3.55. The predicted molar refractivity (Wildman–Crippen MR) is 64.9 cm³/mol. The van der Waals surface area contributed by atoms with Crippen LogP contribution in [-0.4, -0.2) is 42.4 Å². The van der Waals surface area contributed by atoms with Gasteiger partial charge in [-0.15, -0.1) is 0 Å². The van der Waals surface area contributed by atoms with Gasteiger partial charge in [-0.1, -0.05) is 11.6 Å². The SMILES string of the molecule is CC(NS(=O)(=O)N1CCCCC1C)/C(N)=N/O. The van der Waals surface area contributed by atoms with Crippen molar-refractivity contribution in [3.63, 3.8) is 0 Å². The quantitative estimate of drug-likeness (QED) is 0.283. The fraction of sp³-hybridized carbons (Fsp3) is 0.889. The average Bonchev–Trinajstić information content (AvgIpc) is 2.27. The lowest BCUT2D eigenvalue weighted by atomic mass is 10.1. The van der Waals surface area contributed by atoms with Crippen LogP contribution in [0.25, 0.3) is 0 Å². The number of piperidine rings is 1. The summed E-state index contributed by atoms with van der Waals surface area (Å²) in [5.41, 5.74) is 5.34. The molecule has 1 fully saturated rings. The van der Waals surface area contributed by atoms with E-state index in [0.717, 1.165) is 19.3 Å². The summed E-state index contributed by atoms with van der Waals surface area (Å²) in [4.78, 5) is 0. The van der Waals surface area contributed by atoms with Crippen LogP contribution in [0.5, 0.6) is 0 Å². The van der Waals surface area contributed by atoms with Gasteiger partial charge in [-0.2, -0.15) is 17.4 Å². The molecule has 2 unspecified atom stereocenters. The monoisotopic (exact) mass is 264 g/mol. The fourth-order valence-corrected chi connectivity index (χ4v) is 3.52.